The van der Waals surface area contributed by atoms with Gasteiger partial charge >= 0.3 is 0 Å². The van der Waals surface area contributed by atoms with Gasteiger partial charge in [-0.15, -0.1) is 0 Å². The summed E-state index contributed by atoms with van der Waals surface area (Å²) in [6.07, 6.45) is 0. The molecule has 0 bridgehead atoms. The second-order valence-electron chi connectivity index (χ2n) is 7.77. The maximum atomic E-state index is 12.3. The lowest BCUT2D eigenvalue weighted by Gasteiger charge is -2.30. The number of carbonyl (C=O) groups excluding carboxylic acids is 1. The monoisotopic (exact) mass is 462 g/mol. The molecular weight excluding hydrogens is 440 g/mol. The van der Waals surface area contributed by atoms with E-state index >= 15 is 0 Å². The minimum atomic E-state index is -0.237. The highest BCUT2D eigenvalue weighted by molar-refractivity contribution is 6.31. The number of imidazole rings is 1. The highest BCUT2D eigenvalue weighted by Gasteiger charge is 2.20. The topological polar surface area (TPSA) is 68.6 Å². The van der Waals surface area contributed by atoms with Crippen LogP contribution in [0.2, 0.25) is 5.02 Å². The fraction of sp³-hybridized carbons (Fsp3) is 0.200. The molecule has 1 N–H and O–H groups in total. The maximum absolute atomic E-state index is 12.3. The summed E-state index contributed by atoms with van der Waals surface area (Å²) in [5.41, 5.74) is 3.83. The van der Waals surface area contributed by atoms with Gasteiger partial charge in [0.25, 0.3) is 5.91 Å². The molecule has 0 saturated carbocycles. The number of ether oxygens (including phenoxy) is 2. The van der Waals surface area contributed by atoms with E-state index in [-0.39, 0.29) is 12.5 Å². The number of hydrogen-bond acceptors (Lipinski definition) is 5. The molecule has 0 spiro atoms. The first-order valence-electron chi connectivity index (χ1n) is 10.7. The molecule has 3 aromatic carbocycles. The minimum absolute atomic E-state index is 0.103. The van der Waals surface area contributed by atoms with Crippen LogP contribution in [0.5, 0.6) is 11.5 Å². The van der Waals surface area contributed by atoms with Gasteiger partial charge in [-0.2, -0.15) is 0 Å². The number of halogens is 1. The number of nitrogens with zero attached hydrogens (tertiary/aromatic N) is 3. The van der Waals surface area contributed by atoms with Gasteiger partial charge < -0.3 is 24.3 Å². The summed E-state index contributed by atoms with van der Waals surface area (Å²) in [5, 5.41) is 3.56. The minimum Gasteiger partial charge on any atom is -0.493 e. The Morgan fingerprint density at radius 3 is 2.64 bits per heavy atom. The number of para-hydroxylation sites is 2. The van der Waals surface area contributed by atoms with Crippen LogP contribution in [0.1, 0.15) is 5.82 Å². The lowest BCUT2D eigenvalue weighted by Crippen LogP contribution is -2.33. The van der Waals surface area contributed by atoms with Crippen molar-refractivity contribution >= 4 is 39.9 Å². The number of rotatable bonds is 6. The molecule has 5 rings (SSSR count). The smallest absolute Gasteiger partial charge is 0.262 e. The van der Waals surface area contributed by atoms with E-state index in [0.717, 1.165) is 35.6 Å². The van der Waals surface area contributed by atoms with Crippen LogP contribution in [0.4, 0.5) is 11.4 Å². The molecule has 0 fully saturated rings. The van der Waals surface area contributed by atoms with E-state index in [9.17, 15) is 4.79 Å². The van der Waals surface area contributed by atoms with Crippen LogP contribution in [-0.4, -0.2) is 35.7 Å². The first-order valence-corrected chi connectivity index (χ1v) is 11.0. The largest absolute Gasteiger partial charge is 0.493 e. The van der Waals surface area contributed by atoms with Crippen LogP contribution in [0.15, 0.2) is 66.7 Å². The van der Waals surface area contributed by atoms with Gasteiger partial charge in [0.2, 0.25) is 0 Å². The second-order valence-corrected chi connectivity index (χ2v) is 8.21. The van der Waals surface area contributed by atoms with Crippen LogP contribution in [0.3, 0.4) is 0 Å². The number of benzene rings is 3. The first-order chi connectivity index (χ1) is 16.1. The van der Waals surface area contributed by atoms with Gasteiger partial charge in [-0.1, -0.05) is 23.7 Å². The molecule has 7 nitrogen and oxygen atoms in total. The number of nitrogens with one attached hydrogen (secondary N) is 1. The second kappa shape index (κ2) is 9.03. The first kappa shape index (κ1) is 21.2. The molecule has 33 heavy (non-hydrogen) atoms. The van der Waals surface area contributed by atoms with E-state index in [0.29, 0.717) is 28.8 Å². The summed E-state index contributed by atoms with van der Waals surface area (Å²) in [6, 6.07) is 20.9. The Morgan fingerprint density at radius 2 is 1.85 bits per heavy atom. The zero-order valence-corrected chi connectivity index (χ0v) is 18.9. The quantitative estimate of drug-likeness (QED) is 0.448. The zero-order chi connectivity index (χ0) is 22.8. The Kier molecular flexibility index (Phi) is 5.79. The third kappa shape index (κ3) is 4.45. The van der Waals surface area contributed by atoms with Crippen molar-refractivity contribution < 1.29 is 14.3 Å². The summed E-state index contributed by atoms with van der Waals surface area (Å²) >= 11 is 6.12. The summed E-state index contributed by atoms with van der Waals surface area (Å²) < 4.78 is 13.1. The number of amides is 1. The van der Waals surface area contributed by atoms with Crippen molar-refractivity contribution in [3.8, 4) is 11.5 Å². The molecule has 0 radical (unpaired) electrons. The Morgan fingerprint density at radius 1 is 1.06 bits per heavy atom. The molecule has 1 amide bonds. The summed E-state index contributed by atoms with van der Waals surface area (Å²) in [7, 11) is 1.57. The van der Waals surface area contributed by atoms with Crippen molar-refractivity contribution in [1.29, 1.82) is 0 Å². The van der Waals surface area contributed by atoms with Gasteiger partial charge in [-0.05, 0) is 54.6 Å². The molecular formula is C25H23ClN4O3. The van der Waals surface area contributed by atoms with Gasteiger partial charge in [0, 0.05) is 29.5 Å². The van der Waals surface area contributed by atoms with E-state index in [4.69, 9.17) is 26.1 Å². The fourth-order valence-electron chi connectivity index (χ4n) is 4.05. The molecule has 1 aromatic heterocycles. The van der Waals surface area contributed by atoms with E-state index < -0.39 is 0 Å². The van der Waals surface area contributed by atoms with E-state index in [1.165, 1.54) is 0 Å². The van der Waals surface area contributed by atoms with E-state index in [2.05, 4.69) is 14.8 Å². The number of anilines is 2. The van der Waals surface area contributed by atoms with Gasteiger partial charge in [-0.25, -0.2) is 4.98 Å². The SMILES string of the molecule is COc1ccccc1OCC(=O)Nc1ccc(N2CCn3c(nc4cc(Cl)ccc43)C2)cc1. The number of hydrogen-bond donors (Lipinski definition) is 1. The van der Waals surface area contributed by atoms with Gasteiger partial charge in [0.05, 0.1) is 24.7 Å². The lowest BCUT2D eigenvalue weighted by molar-refractivity contribution is -0.118. The van der Waals surface area contributed by atoms with Crippen LogP contribution >= 0.6 is 11.6 Å². The molecule has 0 aliphatic carbocycles. The number of methoxy groups -OCH3 is 1. The van der Waals surface area contributed by atoms with Crippen LogP contribution < -0.4 is 19.7 Å². The lowest BCUT2D eigenvalue weighted by atomic mass is 10.2. The standard InChI is InChI=1S/C25H23ClN4O3/c1-32-22-4-2-3-5-23(22)33-16-25(31)27-18-7-9-19(10-8-18)29-12-13-30-21-11-6-17(26)14-20(21)28-24(30)15-29/h2-11,14H,12-13,15-16H2,1H3,(H,27,31). The molecule has 168 valence electrons. The van der Waals surface area contributed by atoms with Crippen molar-refractivity contribution in [1.82, 2.24) is 9.55 Å². The average molecular weight is 463 g/mol. The maximum Gasteiger partial charge on any atom is 0.262 e. The Balaban J connectivity index is 1.21. The van der Waals surface area contributed by atoms with Crippen LogP contribution in [-0.2, 0) is 17.9 Å². The molecule has 2 heterocycles. The summed E-state index contributed by atoms with van der Waals surface area (Å²) in [5.74, 6) is 1.90. The molecule has 4 aromatic rings. The van der Waals surface area contributed by atoms with E-state index in [1.54, 1.807) is 19.2 Å². The highest BCUT2D eigenvalue weighted by atomic mass is 35.5. The molecule has 1 aliphatic rings. The van der Waals surface area contributed by atoms with Crippen molar-refractivity contribution in [3.63, 3.8) is 0 Å². The normalized spacial score (nSPS) is 13.0. The zero-order valence-electron chi connectivity index (χ0n) is 18.1. The predicted molar refractivity (Wildman–Crippen MR) is 129 cm³/mol. The third-order valence-electron chi connectivity index (χ3n) is 5.66. The number of fused-ring (bicyclic) bond motifs is 3. The Hall–Kier alpha value is -3.71. The molecule has 1 aliphatic heterocycles. The average Bonchev–Trinajstić information content (AvgIpc) is 3.20. The Bertz CT molecular complexity index is 1300. The molecule has 0 atom stereocenters. The summed E-state index contributed by atoms with van der Waals surface area (Å²) in [6.45, 7) is 2.34. The van der Waals surface area contributed by atoms with Crippen molar-refractivity contribution in [2.75, 3.05) is 30.5 Å². The van der Waals surface area contributed by atoms with Gasteiger partial charge in [0.1, 0.15) is 5.82 Å². The molecule has 8 heteroatoms. The number of aromatic nitrogens is 2. The van der Waals surface area contributed by atoms with Crippen molar-refractivity contribution in [3.05, 3.63) is 77.6 Å². The molecule has 0 unspecified atom stereocenters. The van der Waals surface area contributed by atoms with Crippen LogP contribution in [0, 0.1) is 0 Å². The third-order valence-corrected chi connectivity index (χ3v) is 5.89. The van der Waals surface area contributed by atoms with Crippen molar-refractivity contribution in [2.45, 2.75) is 13.1 Å². The molecule has 0 saturated heterocycles. The number of carbonyl (C=O) groups is 1. The van der Waals surface area contributed by atoms with Crippen molar-refractivity contribution in [2.24, 2.45) is 0 Å². The predicted octanol–water partition coefficient (Wildman–Crippen LogP) is 4.74. The Labute approximate surface area is 196 Å². The van der Waals surface area contributed by atoms with Gasteiger partial charge in [0.15, 0.2) is 18.1 Å². The van der Waals surface area contributed by atoms with Gasteiger partial charge in [-0.3, -0.25) is 4.79 Å². The highest BCUT2D eigenvalue weighted by Crippen LogP contribution is 2.28. The summed E-state index contributed by atoms with van der Waals surface area (Å²) in [4.78, 5) is 19.3. The van der Waals surface area contributed by atoms with E-state index in [1.807, 2.05) is 54.6 Å². The fourth-order valence-corrected chi connectivity index (χ4v) is 4.21. The van der Waals surface area contributed by atoms with Crippen LogP contribution in [0.25, 0.3) is 11.0 Å².